The molecule has 1 atom stereocenters. The minimum atomic E-state index is -0.313. The van der Waals surface area contributed by atoms with E-state index in [0.717, 1.165) is 19.3 Å². The molecule has 1 N–H and O–H groups in total. The molecule has 3 heteroatoms. The second-order valence-corrected chi connectivity index (χ2v) is 5.58. The zero-order valence-electron chi connectivity index (χ0n) is 12.0. The first-order valence-electron chi connectivity index (χ1n) is 7.30. The van der Waals surface area contributed by atoms with E-state index in [2.05, 4.69) is 17.4 Å². The van der Waals surface area contributed by atoms with Crippen molar-refractivity contribution in [3.63, 3.8) is 0 Å². The molecule has 2 nitrogen and oxygen atoms in total. The first kappa shape index (κ1) is 13.8. The third-order valence-corrected chi connectivity index (χ3v) is 4.11. The summed E-state index contributed by atoms with van der Waals surface area (Å²) in [7, 11) is 0. The fourth-order valence-electron chi connectivity index (χ4n) is 3.02. The molecule has 1 unspecified atom stereocenters. The Bertz CT molecular complexity index is 681. The summed E-state index contributed by atoms with van der Waals surface area (Å²) in [6.07, 6.45) is 3.09. The molecule has 0 spiro atoms. The largest absolute Gasteiger partial charge is 0.345 e. The minimum absolute atomic E-state index is 0.0481. The molecule has 0 saturated heterocycles. The van der Waals surface area contributed by atoms with Gasteiger partial charge in [-0.2, -0.15) is 0 Å². The number of hydrogen-bond donors (Lipinski definition) is 1. The summed E-state index contributed by atoms with van der Waals surface area (Å²) < 4.78 is 13.1. The summed E-state index contributed by atoms with van der Waals surface area (Å²) in [5, 5.41) is 3.09. The lowest BCUT2D eigenvalue weighted by atomic mass is 9.87. The van der Waals surface area contributed by atoms with Gasteiger partial charge in [0, 0.05) is 5.56 Å². The molecule has 21 heavy (non-hydrogen) atoms. The van der Waals surface area contributed by atoms with Gasteiger partial charge in [0.2, 0.25) is 0 Å². The van der Waals surface area contributed by atoms with Crippen LogP contribution in [0.3, 0.4) is 0 Å². The maximum Gasteiger partial charge on any atom is 0.252 e. The van der Waals surface area contributed by atoms with Gasteiger partial charge in [0.1, 0.15) is 5.82 Å². The molecule has 3 rings (SSSR count). The lowest BCUT2D eigenvalue weighted by molar-refractivity contribution is 0.0932. The molecule has 0 bridgehead atoms. The predicted octanol–water partition coefficient (Wildman–Crippen LogP) is 3.94. The van der Waals surface area contributed by atoms with Crippen LogP contribution in [-0.2, 0) is 6.42 Å². The van der Waals surface area contributed by atoms with Crippen LogP contribution in [0.2, 0.25) is 0 Å². The molecule has 2 aromatic carbocycles. The van der Waals surface area contributed by atoms with Crippen molar-refractivity contribution in [1.82, 2.24) is 5.32 Å². The lowest BCUT2D eigenvalue weighted by Crippen LogP contribution is -2.31. The van der Waals surface area contributed by atoms with E-state index in [9.17, 15) is 9.18 Å². The quantitative estimate of drug-likeness (QED) is 0.888. The van der Waals surface area contributed by atoms with Gasteiger partial charge in [0.25, 0.3) is 5.91 Å². The highest BCUT2D eigenvalue weighted by atomic mass is 19.1. The monoisotopic (exact) mass is 283 g/mol. The van der Waals surface area contributed by atoms with Crippen LogP contribution in [0.1, 0.15) is 45.9 Å². The molecule has 0 aliphatic heterocycles. The number of rotatable bonds is 2. The van der Waals surface area contributed by atoms with Crippen molar-refractivity contribution < 1.29 is 9.18 Å². The predicted molar refractivity (Wildman–Crippen MR) is 80.7 cm³/mol. The van der Waals surface area contributed by atoms with Crippen LogP contribution in [0, 0.1) is 12.7 Å². The third kappa shape index (κ3) is 2.82. The van der Waals surface area contributed by atoms with E-state index in [0.29, 0.717) is 11.1 Å². The van der Waals surface area contributed by atoms with Gasteiger partial charge in [-0.3, -0.25) is 4.79 Å². The van der Waals surface area contributed by atoms with Crippen molar-refractivity contribution in [1.29, 1.82) is 0 Å². The minimum Gasteiger partial charge on any atom is -0.345 e. The summed E-state index contributed by atoms with van der Waals surface area (Å²) in [6.45, 7) is 1.76. The Labute approximate surface area is 124 Å². The maximum absolute atomic E-state index is 13.1. The van der Waals surface area contributed by atoms with Crippen molar-refractivity contribution in [3.8, 4) is 0 Å². The van der Waals surface area contributed by atoms with Gasteiger partial charge < -0.3 is 5.32 Å². The lowest BCUT2D eigenvalue weighted by Gasteiger charge is -2.26. The van der Waals surface area contributed by atoms with E-state index < -0.39 is 0 Å². The van der Waals surface area contributed by atoms with Gasteiger partial charge >= 0.3 is 0 Å². The van der Waals surface area contributed by atoms with Crippen LogP contribution in [0.5, 0.6) is 0 Å². The fraction of sp³-hybridized carbons (Fsp3) is 0.278. The molecular formula is C18H18FNO. The van der Waals surface area contributed by atoms with Crippen molar-refractivity contribution in [3.05, 3.63) is 70.5 Å². The number of nitrogens with one attached hydrogen (secondary N) is 1. The molecule has 0 saturated carbocycles. The van der Waals surface area contributed by atoms with E-state index in [1.807, 2.05) is 12.1 Å². The Morgan fingerprint density at radius 1 is 1.24 bits per heavy atom. The zero-order chi connectivity index (χ0) is 14.8. The average Bonchev–Trinajstić information content (AvgIpc) is 2.47. The molecule has 1 aliphatic rings. The normalized spacial score (nSPS) is 17.1. The summed E-state index contributed by atoms with van der Waals surface area (Å²) in [4.78, 5) is 12.4. The second kappa shape index (κ2) is 5.68. The van der Waals surface area contributed by atoms with Gasteiger partial charge in [-0.1, -0.05) is 24.3 Å². The SMILES string of the molecule is Cc1cc(F)ccc1C(=O)NC1CCCc2ccccc21. The van der Waals surface area contributed by atoms with Gasteiger partial charge in [-0.25, -0.2) is 4.39 Å². The Morgan fingerprint density at radius 2 is 2.05 bits per heavy atom. The number of halogens is 1. The fourth-order valence-corrected chi connectivity index (χ4v) is 3.02. The van der Waals surface area contributed by atoms with Crippen LogP contribution >= 0.6 is 0 Å². The third-order valence-electron chi connectivity index (χ3n) is 4.11. The van der Waals surface area contributed by atoms with Crippen molar-refractivity contribution >= 4 is 5.91 Å². The smallest absolute Gasteiger partial charge is 0.252 e. The van der Waals surface area contributed by atoms with Crippen molar-refractivity contribution in [2.75, 3.05) is 0 Å². The summed E-state index contributed by atoms with van der Waals surface area (Å²) >= 11 is 0. The van der Waals surface area contributed by atoms with Crippen LogP contribution in [-0.4, -0.2) is 5.91 Å². The van der Waals surface area contributed by atoms with Gasteiger partial charge in [0.05, 0.1) is 6.04 Å². The van der Waals surface area contributed by atoms with E-state index in [1.165, 1.54) is 23.3 Å². The molecule has 0 heterocycles. The first-order chi connectivity index (χ1) is 10.1. The highest BCUT2D eigenvalue weighted by Gasteiger charge is 2.22. The van der Waals surface area contributed by atoms with Gasteiger partial charge in [0.15, 0.2) is 0 Å². The zero-order valence-corrected chi connectivity index (χ0v) is 12.0. The Hall–Kier alpha value is -2.16. The topological polar surface area (TPSA) is 29.1 Å². The molecule has 2 aromatic rings. The second-order valence-electron chi connectivity index (χ2n) is 5.58. The number of fused-ring (bicyclic) bond motifs is 1. The Kier molecular flexibility index (Phi) is 3.74. The van der Waals surface area contributed by atoms with Crippen LogP contribution in [0.15, 0.2) is 42.5 Å². The average molecular weight is 283 g/mol. The molecular weight excluding hydrogens is 265 g/mol. The number of carbonyl (C=O) groups excluding carboxylic acids is 1. The Balaban J connectivity index is 1.83. The summed E-state index contributed by atoms with van der Waals surface area (Å²) in [6, 6.07) is 12.6. The molecule has 1 aliphatic carbocycles. The maximum atomic E-state index is 13.1. The molecule has 0 radical (unpaired) electrons. The standard InChI is InChI=1S/C18H18FNO/c1-12-11-14(19)9-10-15(12)18(21)20-17-8-4-6-13-5-2-3-7-16(13)17/h2-3,5,7,9-11,17H,4,6,8H2,1H3,(H,20,21). The van der Waals surface area contributed by atoms with Gasteiger partial charge in [-0.15, -0.1) is 0 Å². The van der Waals surface area contributed by atoms with Crippen LogP contribution in [0.25, 0.3) is 0 Å². The first-order valence-corrected chi connectivity index (χ1v) is 7.30. The number of hydrogen-bond acceptors (Lipinski definition) is 1. The molecule has 0 aromatic heterocycles. The number of aryl methyl sites for hydroxylation is 2. The van der Waals surface area contributed by atoms with E-state index in [1.54, 1.807) is 13.0 Å². The van der Waals surface area contributed by atoms with Crippen LogP contribution in [0.4, 0.5) is 4.39 Å². The van der Waals surface area contributed by atoms with E-state index in [4.69, 9.17) is 0 Å². The number of benzene rings is 2. The number of carbonyl (C=O) groups is 1. The Morgan fingerprint density at radius 3 is 2.86 bits per heavy atom. The van der Waals surface area contributed by atoms with Gasteiger partial charge in [-0.05, 0) is 61.1 Å². The van der Waals surface area contributed by atoms with Crippen LogP contribution < -0.4 is 5.32 Å². The van der Waals surface area contributed by atoms with Crippen molar-refractivity contribution in [2.45, 2.75) is 32.2 Å². The van der Waals surface area contributed by atoms with E-state index >= 15 is 0 Å². The van der Waals surface area contributed by atoms with E-state index in [-0.39, 0.29) is 17.8 Å². The highest BCUT2D eigenvalue weighted by Crippen LogP contribution is 2.29. The molecule has 0 fully saturated rings. The summed E-state index contributed by atoms with van der Waals surface area (Å²) in [5.41, 5.74) is 3.72. The summed E-state index contributed by atoms with van der Waals surface area (Å²) in [5.74, 6) is -0.443. The number of amides is 1. The van der Waals surface area contributed by atoms with Crippen molar-refractivity contribution in [2.24, 2.45) is 0 Å². The molecule has 1 amide bonds. The highest BCUT2D eigenvalue weighted by molar-refractivity contribution is 5.95. The molecule has 108 valence electrons.